The van der Waals surface area contributed by atoms with E-state index in [9.17, 15) is 9.18 Å². The largest absolute Gasteiger partial charge is 0.497 e. The van der Waals surface area contributed by atoms with Crippen molar-refractivity contribution in [3.63, 3.8) is 0 Å². The van der Waals surface area contributed by atoms with E-state index in [0.717, 1.165) is 49.2 Å². The van der Waals surface area contributed by atoms with Gasteiger partial charge in [0.25, 0.3) is 5.91 Å². The summed E-state index contributed by atoms with van der Waals surface area (Å²) in [6, 6.07) is 14.8. The molecule has 7 heteroatoms. The number of nitrogens with one attached hydrogen (secondary N) is 1. The summed E-state index contributed by atoms with van der Waals surface area (Å²) in [5.74, 6) is 1.10. The molecule has 1 saturated carbocycles. The van der Waals surface area contributed by atoms with Gasteiger partial charge in [-0.2, -0.15) is 5.10 Å². The molecule has 168 valence electrons. The van der Waals surface area contributed by atoms with Crippen LogP contribution in [0.2, 0.25) is 5.02 Å². The lowest BCUT2D eigenvalue weighted by Gasteiger charge is -2.29. The zero-order valence-corrected chi connectivity index (χ0v) is 18.8. The Hall–Kier alpha value is -2.86. The van der Waals surface area contributed by atoms with E-state index in [1.165, 1.54) is 6.07 Å². The third-order valence-electron chi connectivity index (χ3n) is 6.15. The van der Waals surface area contributed by atoms with E-state index in [-0.39, 0.29) is 11.9 Å². The summed E-state index contributed by atoms with van der Waals surface area (Å²) in [6.07, 6.45) is 5.64. The Morgan fingerprint density at radius 3 is 2.59 bits per heavy atom. The molecule has 0 radical (unpaired) electrons. The molecule has 0 unspecified atom stereocenters. The Balaban J connectivity index is 1.33. The zero-order valence-electron chi connectivity index (χ0n) is 18.1. The summed E-state index contributed by atoms with van der Waals surface area (Å²) in [5, 5.41) is 7.95. The van der Waals surface area contributed by atoms with Crippen LogP contribution in [0, 0.1) is 5.92 Å². The molecule has 1 aromatic heterocycles. The molecule has 0 atom stereocenters. The van der Waals surface area contributed by atoms with Crippen LogP contribution in [-0.2, 0) is 13.2 Å². The van der Waals surface area contributed by atoms with Gasteiger partial charge in [-0.3, -0.25) is 9.48 Å². The average Bonchev–Trinajstić information content (AvgIpc) is 3.28. The van der Waals surface area contributed by atoms with Crippen LogP contribution in [0.5, 0.6) is 5.75 Å². The van der Waals surface area contributed by atoms with E-state index in [2.05, 4.69) is 15.1 Å². The second-order valence-corrected chi connectivity index (χ2v) is 8.67. The Labute approximate surface area is 192 Å². The Kier molecular flexibility index (Phi) is 7.10. The van der Waals surface area contributed by atoms with Crippen molar-refractivity contribution in [2.75, 3.05) is 7.11 Å². The van der Waals surface area contributed by atoms with Crippen LogP contribution >= 0.6 is 11.6 Å². The molecule has 0 aliphatic heterocycles. The number of aromatic nitrogens is 2. The minimum atomic E-state index is -0.617. The SMILES string of the molecule is COc1ccc(-c2ccnn2C[C@H]2CC[C@H](NC(=O)c3cc(CF)ccc3Cl)CC2)cc1. The van der Waals surface area contributed by atoms with Crippen molar-refractivity contribution in [3.05, 3.63) is 70.9 Å². The first-order valence-electron chi connectivity index (χ1n) is 10.9. The topological polar surface area (TPSA) is 56.1 Å². The number of methoxy groups -OCH3 is 1. The van der Waals surface area contributed by atoms with Gasteiger partial charge in [0.2, 0.25) is 0 Å². The third-order valence-corrected chi connectivity index (χ3v) is 6.47. The summed E-state index contributed by atoms with van der Waals surface area (Å²) in [5.41, 5.74) is 2.99. The first kappa shape index (κ1) is 22.3. The number of rotatable bonds is 7. The van der Waals surface area contributed by atoms with Crippen LogP contribution in [-0.4, -0.2) is 28.8 Å². The summed E-state index contributed by atoms with van der Waals surface area (Å²) in [4.78, 5) is 12.6. The lowest BCUT2D eigenvalue weighted by Crippen LogP contribution is -2.38. The lowest BCUT2D eigenvalue weighted by molar-refractivity contribution is 0.0920. The molecule has 1 aliphatic rings. The van der Waals surface area contributed by atoms with E-state index in [4.69, 9.17) is 16.3 Å². The van der Waals surface area contributed by atoms with Crippen molar-refractivity contribution in [2.24, 2.45) is 5.92 Å². The first-order chi connectivity index (χ1) is 15.6. The highest BCUT2D eigenvalue weighted by Crippen LogP contribution is 2.29. The fourth-order valence-corrected chi connectivity index (χ4v) is 4.52. The molecule has 0 bridgehead atoms. The summed E-state index contributed by atoms with van der Waals surface area (Å²) in [6.45, 7) is 0.230. The molecular formula is C25H27ClFN3O2. The highest BCUT2D eigenvalue weighted by atomic mass is 35.5. The average molecular weight is 456 g/mol. The molecule has 1 fully saturated rings. The van der Waals surface area contributed by atoms with Gasteiger partial charge in [0, 0.05) is 24.3 Å². The first-order valence-corrected chi connectivity index (χ1v) is 11.3. The molecule has 3 aromatic rings. The molecular weight excluding hydrogens is 429 g/mol. The number of hydrogen-bond donors (Lipinski definition) is 1. The maximum atomic E-state index is 12.9. The van der Waals surface area contributed by atoms with Crippen molar-refractivity contribution in [2.45, 2.75) is 44.9 Å². The lowest BCUT2D eigenvalue weighted by atomic mass is 9.86. The highest BCUT2D eigenvalue weighted by molar-refractivity contribution is 6.33. The second-order valence-electron chi connectivity index (χ2n) is 8.27. The Bertz CT molecular complexity index is 1060. The van der Waals surface area contributed by atoms with Gasteiger partial charge in [0.05, 0.1) is 23.4 Å². The van der Waals surface area contributed by atoms with Crippen molar-refractivity contribution in [1.29, 1.82) is 0 Å². The summed E-state index contributed by atoms with van der Waals surface area (Å²) >= 11 is 6.15. The summed E-state index contributed by atoms with van der Waals surface area (Å²) in [7, 11) is 1.66. The summed E-state index contributed by atoms with van der Waals surface area (Å²) < 4.78 is 20.2. The fraction of sp³-hybridized carbons (Fsp3) is 0.360. The van der Waals surface area contributed by atoms with Gasteiger partial charge < -0.3 is 10.1 Å². The number of amides is 1. The monoisotopic (exact) mass is 455 g/mol. The molecule has 0 saturated heterocycles. The van der Waals surface area contributed by atoms with Crippen molar-refractivity contribution >= 4 is 17.5 Å². The Morgan fingerprint density at radius 1 is 1.16 bits per heavy atom. The van der Waals surface area contributed by atoms with Gasteiger partial charge >= 0.3 is 0 Å². The molecule has 0 spiro atoms. The number of nitrogens with zero attached hydrogens (tertiary/aromatic N) is 2. The number of carbonyl (C=O) groups excluding carboxylic acids is 1. The fourth-order valence-electron chi connectivity index (χ4n) is 4.31. The van der Waals surface area contributed by atoms with Crippen LogP contribution in [0.15, 0.2) is 54.7 Å². The van der Waals surface area contributed by atoms with E-state index in [1.807, 2.05) is 36.5 Å². The van der Waals surface area contributed by atoms with Crippen molar-refractivity contribution < 1.29 is 13.9 Å². The molecule has 1 amide bonds. The highest BCUT2D eigenvalue weighted by Gasteiger charge is 2.24. The molecule has 1 aliphatic carbocycles. The van der Waals surface area contributed by atoms with Crippen LogP contribution < -0.4 is 10.1 Å². The standard InChI is InChI=1S/C25H27ClFN3O2/c1-32-21-9-5-19(6-10-21)24-12-13-28-30(24)16-17-2-7-20(8-3-17)29-25(31)22-14-18(15-27)4-11-23(22)26/h4-6,9-14,17,20H,2-3,7-8,15-16H2,1H3,(H,29,31)/t17-,20-. The van der Waals surface area contributed by atoms with Crippen LogP contribution in [0.3, 0.4) is 0 Å². The maximum absolute atomic E-state index is 12.9. The molecule has 32 heavy (non-hydrogen) atoms. The van der Waals surface area contributed by atoms with E-state index < -0.39 is 6.67 Å². The normalized spacial score (nSPS) is 18.3. The van der Waals surface area contributed by atoms with Crippen LogP contribution in [0.4, 0.5) is 4.39 Å². The van der Waals surface area contributed by atoms with E-state index in [0.29, 0.717) is 22.1 Å². The molecule has 5 nitrogen and oxygen atoms in total. The Morgan fingerprint density at radius 2 is 1.91 bits per heavy atom. The molecule has 4 rings (SSSR count). The van der Waals surface area contributed by atoms with Gasteiger partial charge in [-0.15, -0.1) is 0 Å². The van der Waals surface area contributed by atoms with Crippen LogP contribution in [0.1, 0.15) is 41.6 Å². The van der Waals surface area contributed by atoms with Crippen molar-refractivity contribution in [1.82, 2.24) is 15.1 Å². The van der Waals surface area contributed by atoms with Gasteiger partial charge in [-0.1, -0.05) is 17.7 Å². The molecule has 1 heterocycles. The number of carbonyl (C=O) groups is 1. The smallest absolute Gasteiger partial charge is 0.253 e. The number of halogens is 2. The number of hydrogen-bond acceptors (Lipinski definition) is 3. The molecule has 2 aromatic carbocycles. The second kappa shape index (κ2) is 10.2. The van der Waals surface area contributed by atoms with E-state index in [1.54, 1.807) is 19.2 Å². The predicted molar refractivity (Wildman–Crippen MR) is 124 cm³/mol. The number of benzene rings is 2. The molecule has 1 N–H and O–H groups in total. The van der Waals surface area contributed by atoms with Gasteiger partial charge in [-0.05, 0) is 79.6 Å². The van der Waals surface area contributed by atoms with Gasteiger partial charge in [-0.25, -0.2) is 4.39 Å². The van der Waals surface area contributed by atoms with Crippen molar-refractivity contribution in [3.8, 4) is 17.0 Å². The van der Waals surface area contributed by atoms with Gasteiger partial charge in [0.1, 0.15) is 12.4 Å². The zero-order chi connectivity index (χ0) is 22.5. The number of ether oxygens (including phenoxy) is 1. The number of alkyl halides is 1. The van der Waals surface area contributed by atoms with Crippen LogP contribution in [0.25, 0.3) is 11.3 Å². The quantitative estimate of drug-likeness (QED) is 0.499. The van der Waals surface area contributed by atoms with Gasteiger partial charge in [0.15, 0.2) is 0 Å². The predicted octanol–water partition coefficient (Wildman–Crippen LogP) is 5.67. The third kappa shape index (κ3) is 5.13. The minimum Gasteiger partial charge on any atom is -0.497 e. The van der Waals surface area contributed by atoms with E-state index >= 15 is 0 Å². The maximum Gasteiger partial charge on any atom is 0.253 e. The minimum absolute atomic E-state index is 0.0996.